The first-order chi connectivity index (χ1) is 11.7. The maximum absolute atomic E-state index is 12.3. The standard InChI is InChI=1S/C16H13N3O4S/c1-22-12-7-10(9-20)4-5-11(12)15(21)17-8-14-18-19-16(23-14)13-3-2-6-24-13/h2-7,9H,8H2,1H3,(H,17,21). The van der Waals surface area contributed by atoms with Gasteiger partial charge in [0, 0.05) is 5.56 Å². The van der Waals surface area contributed by atoms with E-state index < -0.39 is 0 Å². The molecule has 1 aromatic carbocycles. The molecule has 0 atom stereocenters. The van der Waals surface area contributed by atoms with Crippen molar-refractivity contribution < 1.29 is 18.7 Å². The SMILES string of the molecule is COc1cc(C=O)ccc1C(=O)NCc1nnc(-c2cccs2)o1. The lowest BCUT2D eigenvalue weighted by Crippen LogP contribution is -2.23. The summed E-state index contributed by atoms with van der Waals surface area (Å²) >= 11 is 1.49. The molecule has 0 unspecified atom stereocenters. The van der Waals surface area contributed by atoms with Crippen molar-refractivity contribution in [3.05, 3.63) is 52.7 Å². The summed E-state index contributed by atoms with van der Waals surface area (Å²) in [7, 11) is 1.44. The van der Waals surface area contributed by atoms with E-state index in [0.717, 1.165) is 4.88 Å². The third-order valence-electron chi connectivity index (χ3n) is 3.21. The Labute approximate surface area is 141 Å². The maximum Gasteiger partial charge on any atom is 0.257 e. The van der Waals surface area contributed by atoms with Gasteiger partial charge >= 0.3 is 0 Å². The zero-order chi connectivity index (χ0) is 16.9. The van der Waals surface area contributed by atoms with Gasteiger partial charge in [-0.25, -0.2) is 0 Å². The predicted molar refractivity (Wildman–Crippen MR) is 87.2 cm³/mol. The molecule has 3 aromatic rings. The average Bonchev–Trinajstić information content (AvgIpc) is 3.30. The molecule has 24 heavy (non-hydrogen) atoms. The number of aldehydes is 1. The topological polar surface area (TPSA) is 94.3 Å². The molecule has 0 radical (unpaired) electrons. The van der Waals surface area contributed by atoms with Gasteiger partial charge in [-0.15, -0.1) is 21.5 Å². The summed E-state index contributed by atoms with van der Waals surface area (Å²) in [6.07, 6.45) is 0.689. The van der Waals surface area contributed by atoms with Crippen LogP contribution in [0.25, 0.3) is 10.8 Å². The molecule has 0 fully saturated rings. The van der Waals surface area contributed by atoms with E-state index in [0.29, 0.717) is 34.9 Å². The van der Waals surface area contributed by atoms with Gasteiger partial charge in [-0.2, -0.15) is 0 Å². The number of carbonyl (C=O) groups is 2. The minimum Gasteiger partial charge on any atom is -0.496 e. The van der Waals surface area contributed by atoms with Crippen molar-refractivity contribution in [2.75, 3.05) is 7.11 Å². The number of benzene rings is 1. The lowest BCUT2D eigenvalue weighted by molar-refractivity contribution is 0.0943. The van der Waals surface area contributed by atoms with Crippen LogP contribution in [0.1, 0.15) is 26.6 Å². The minimum absolute atomic E-state index is 0.0931. The number of amides is 1. The van der Waals surface area contributed by atoms with E-state index in [1.807, 2.05) is 17.5 Å². The second-order valence-electron chi connectivity index (χ2n) is 4.74. The minimum atomic E-state index is -0.361. The maximum atomic E-state index is 12.3. The number of carbonyl (C=O) groups excluding carboxylic acids is 2. The van der Waals surface area contributed by atoms with Gasteiger partial charge in [0.1, 0.15) is 12.0 Å². The third-order valence-corrected chi connectivity index (χ3v) is 4.06. The second-order valence-corrected chi connectivity index (χ2v) is 5.69. The fourth-order valence-corrected chi connectivity index (χ4v) is 2.69. The van der Waals surface area contributed by atoms with Gasteiger partial charge in [-0.05, 0) is 23.6 Å². The Morgan fingerprint density at radius 1 is 1.38 bits per heavy atom. The summed E-state index contributed by atoms with van der Waals surface area (Å²) in [6, 6.07) is 8.35. The van der Waals surface area contributed by atoms with Crippen LogP contribution in [0, 0.1) is 0 Å². The Bertz CT molecular complexity index is 858. The molecule has 0 spiro atoms. The van der Waals surface area contributed by atoms with E-state index in [2.05, 4.69) is 15.5 Å². The molecule has 0 saturated carbocycles. The molecule has 8 heteroatoms. The van der Waals surface area contributed by atoms with E-state index in [4.69, 9.17) is 9.15 Å². The first kappa shape index (κ1) is 15.9. The van der Waals surface area contributed by atoms with E-state index in [1.54, 1.807) is 6.07 Å². The predicted octanol–water partition coefficient (Wildman–Crippen LogP) is 2.55. The summed E-state index contributed by atoms with van der Waals surface area (Å²) in [5.74, 6) is 0.680. The van der Waals surface area contributed by atoms with E-state index in [9.17, 15) is 9.59 Å². The Balaban J connectivity index is 1.69. The Morgan fingerprint density at radius 3 is 2.96 bits per heavy atom. The van der Waals surface area contributed by atoms with Crippen molar-refractivity contribution in [1.29, 1.82) is 0 Å². The molecule has 0 bridgehead atoms. The Kier molecular flexibility index (Phi) is 4.66. The summed E-state index contributed by atoms with van der Waals surface area (Å²) in [5, 5.41) is 12.4. The summed E-state index contributed by atoms with van der Waals surface area (Å²) < 4.78 is 10.6. The average molecular weight is 343 g/mol. The molecule has 1 N–H and O–H groups in total. The smallest absolute Gasteiger partial charge is 0.257 e. The van der Waals surface area contributed by atoms with E-state index >= 15 is 0 Å². The van der Waals surface area contributed by atoms with Crippen molar-refractivity contribution in [3.63, 3.8) is 0 Å². The van der Waals surface area contributed by atoms with Gasteiger partial charge in [0.25, 0.3) is 11.8 Å². The van der Waals surface area contributed by atoms with Crippen LogP contribution in [-0.2, 0) is 6.54 Å². The molecular weight excluding hydrogens is 330 g/mol. The van der Waals surface area contributed by atoms with Gasteiger partial charge < -0.3 is 14.5 Å². The molecule has 7 nitrogen and oxygen atoms in total. The lowest BCUT2D eigenvalue weighted by Gasteiger charge is -2.08. The number of ether oxygens (including phenoxy) is 1. The second kappa shape index (κ2) is 7.05. The molecule has 122 valence electrons. The zero-order valence-electron chi connectivity index (χ0n) is 12.7. The van der Waals surface area contributed by atoms with E-state index in [1.165, 1.54) is 30.6 Å². The van der Waals surface area contributed by atoms with Crippen LogP contribution in [-0.4, -0.2) is 29.5 Å². The number of aromatic nitrogens is 2. The monoisotopic (exact) mass is 343 g/mol. The number of rotatable bonds is 6. The van der Waals surface area contributed by atoms with Crippen molar-refractivity contribution in [2.24, 2.45) is 0 Å². The first-order valence-electron chi connectivity index (χ1n) is 6.99. The van der Waals surface area contributed by atoms with Gasteiger partial charge in [0.15, 0.2) is 0 Å². The summed E-state index contributed by atoms with van der Waals surface area (Å²) in [5.41, 5.74) is 0.752. The van der Waals surface area contributed by atoms with Gasteiger partial charge in [-0.1, -0.05) is 12.1 Å². The summed E-state index contributed by atoms with van der Waals surface area (Å²) in [6.45, 7) is 0.0931. The highest BCUT2D eigenvalue weighted by Crippen LogP contribution is 2.23. The fourth-order valence-electron chi connectivity index (χ4n) is 2.04. The normalized spacial score (nSPS) is 10.4. The number of nitrogens with zero attached hydrogens (tertiary/aromatic N) is 2. The quantitative estimate of drug-likeness (QED) is 0.691. The van der Waals surface area contributed by atoms with Gasteiger partial charge in [-0.3, -0.25) is 9.59 Å². The van der Waals surface area contributed by atoms with Crippen LogP contribution in [0.5, 0.6) is 5.75 Å². The number of methoxy groups -OCH3 is 1. The first-order valence-corrected chi connectivity index (χ1v) is 7.87. The molecule has 2 aromatic heterocycles. The number of nitrogens with one attached hydrogen (secondary N) is 1. The Hall–Kier alpha value is -3.00. The van der Waals surface area contributed by atoms with Crippen LogP contribution in [0.2, 0.25) is 0 Å². The fraction of sp³-hybridized carbons (Fsp3) is 0.125. The van der Waals surface area contributed by atoms with Crippen molar-refractivity contribution in [3.8, 4) is 16.5 Å². The highest BCUT2D eigenvalue weighted by molar-refractivity contribution is 7.13. The molecule has 2 heterocycles. The zero-order valence-corrected chi connectivity index (χ0v) is 13.5. The largest absolute Gasteiger partial charge is 0.496 e. The Morgan fingerprint density at radius 2 is 2.25 bits per heavy atom. The lowest BCUT2D eigenvalue weighted by atomic mass is 10.1. The third kappa shape index (κ3) is 3.33. The van der Waals surface area contributed by atoms with Crippen molar-refractivity contribution >= 4 is 23.5 Å². The van der Waals surface area contributed by atoms with Gasteiger partial charge in [0.2, 0.25) is 5.89 Å². The molecule has 0 aliphatic carbocycles. The number of hydrogen-bond acceptors (Lipinski definition) is 7. The van der Waals surface area contributed by atoms with Crippen molar-refractivity contribution in [2.45, 2.75) is 6.54 Å². The molecule has 1 amide bonds. The molecule has 0 aliphatic heterocycles. The van der Waals surface area contributed by atoms with Crippen LogP contribution in [0.4, 0.5) is 0 Å². The molecule has 0 aliphatic rings. The highest BCUT2D eigenvalue weighted by Gasteiger charge is 2.15. The van der Waals surface area contributed by atoms with Crippen LogP contribution >= 0.6 is 11.3 Å². The number of thiophene rings is 1. The molecule has 3 rings (SSSR count). The molecule has 0 saturated heterocycles. The van der Waals surface area contributed by atoms with Gasteiger partial charge in [0.05, 0.1) is 24.1 Å². The van der Waals surface area contributed by atoms with Crippen LogP contribution < -0.4 is 10.1 Å². The van der Waals surface area contributed by atoms with Crippen LogP contribution in [0.15, 0.2) is 40.1 Å². The van der Waals surface area contributed by atoms with Crippen molar-refractivity contribution in [1.82, 2.24) is 15.5 Å². The number of hydrogen-bond donors (Lipinski definition) is 1. The summed E-state index contributed by atoms with van der Waals surface area (Å²) in [4.78, 5) is 23.9. The van der Waals surface area contributed by atoms with Crippen LogP contribution in [0.3, 0.4) is 0 Å². The highest BCUT2D eigenvalue weighted by atomic mass is 32.1. The van der Waals surface area contributed by atoms with E-state index in [-0.39, 0.29) is 12.5 Å². The molecular formula is C16H13N3O4S.